The Hall–Kier alpha value is -2.42. The molecule has 2 aliphatic carbocycles. The van der Waals surface area contributed by atoms with Crippen molar-refractivity contribution in [2.24, 2.45) is 0 Å². The third-order valence-corrected chi connectivity index (χ3v) is 7.61. The van der Waals surface area contributed by atoms with Crippen LogP contribution in [0.5, 0.6) is 0 Å². The SMILES string of the molecule is Cc1cc2c(cc1C1C(=O)CCC1c1ccc(C(=O)O)cc1)C(C)(C)CCC2(C)C. The third kappa shape index (κ3) is 3.38. The maximum Gasteiger partial charge on any atom is 0.335 e. The van der Waals surface area contributed by atoms with Crippen LogP contribution in [0.4, 0.5) is 0 Å². The fraction of sp³-hybridized carbons (Fsp3) is 0.481. The number of rotatable bonds is 3. The molecule has 2 aliphatic rings. The van der Waals surface area contributed by atoms with E-state index in [1.54, 1.807) is 12.1 Å². The predicted octanol–water partition coefficient (Wildman–Crippen LogP) is 6.27. The van der Waals surface area contributed by atoms with Gasteiger partial charge in [-0.15, -0.1) is 0 Å². The molecule has 3 heteroatoms. The second-order valence-corrected chi connectivity index (χ2v) is 10.5. The highest BCUT2D eigenvalue weighted by Crippen LogP contribution is 2.50. The normalized spacial score (nSPS) is 24.5. The van der Waals surface area contributed by atoms with Gasteiger partial charge in [-0.1, -0.05) is 52.0 Å². The van der Waals surface area contributed by atoms with E-state index in [4.69, 9.17) is 0 Å². The van der Waals surface area contributed by atoms with Crippen LogP contribution >= 0.6 is 0 Å². The van der Waals surface area contributed by atoms with Crippen molar-refractivity contribution in [3.8, 4) is 0 Å². The summed E-state index contributed by atoms with van der Waals surface area (Å²) >= 11 is 0. The van der Waals surface area contributed by atoms with E-state index in [0.29, 0.717) is 12.2 Å². The molecule has 0 aromatic heterocycles. The molecule has 2 unspecified atom stereocenters. The molecular formula is C27H32O3. The molecule has 0 heterocycles. The second-order valence-electron chi connectivity index (χ2n) is 10.5. The number of aryl methyl sites for hydroxylation is 1. The summed E-state index contributed by atoms with van der Waals surface area (Å²) in [5, 5.41) is 9.20. The van der Waals surface area contributed by atoms with Gasteiger partial charge in [-0.2, -0.15) is 0 Å². The largest absolute Gasteiger partial charge is 0.478 e. The number of fused-ring (bicyclic) bond motifs is 1. The minimum atomic E-state index is -0.920. The molecule has 4 rings (SSSR count). The maximum atomic E-state index is 13.0. The van der Waals surface area contributed by atoms with E-state index in [0.717, 1.165) is 24.0 Å². The van der Waals surface area contributed by atoms with E-state index in [9.17, 15) is 14.7 Å². The standard InChI is InChI=1S/C27H32O3/c1-16-14-21-22(27(4,5)13-12-26(21,2)3)15-20(16)24-19(10-11-23(24)28)17-6-8-18(9-7-17)25(29)30/h6-9,14-15,19,24H,10-13H2,1-5H3,(H,29,30). The number of hydrogen-bond donors (Lipinski definition) is 1. The van der Waals surface area contributed by atoms with Gasteiger partial charge in [0, 0.05) is 12.3 Å². The van der Waals surface area contributed by atoms with Crippen LogP contribution in [-0.4, -0.2) is 16.9 Å². The Kier molecular flexibility index (Phi) is 4.91. The molecule has 0 radical (unpaired) electrons. The second kappa shape index (κ2) is 7.08. The van der Waals surface area contributed by atoms with Crippen molar-refractivity contribution in [2.45, 2.75) is 83.0 Å². The molecule has 2 aromatic rings. The van der Waals surface area contributed by atoms with Crippen LogP contribution in [0.3, 0.4) is 0 Å². The van der Waals surface area contributed by atoms with Crippen LogP contribution in [0.2, 0.25) is 0 Å². The number of carboxylic acid groups (broad SMARTS) is 1. The summed E-state index contributed by atoms with van der Waals surface area (Å²) in [7, 11) is 0. The van der Waals surface area contributed by atoms with Crippen LogP contribution in [-0.2, 0) is 15.6 Å². The molecule has 3 nitrogen and oxygen atoms in total. The van der Waals surface area contributed by atoms with Gasteiger partial charge in [0.05, 0.1) is 5.56 Å². The predicted molar refractivity (Wildman–Crippen MR) is 120 cm³/mol. The Bertz CT molecular complexity index is 1010. The van der Waals surface area contributed by atoms with E-state index >= 15 is 0 Å². The Balaban J connectivity index is 1.80. The molecule has 1 fully saturated rings. The highest BCUT2D eigenvalue weighted by Gasteiger charge is 2.41. The average Bonchev–Trinajstić information content (AvgIpc) is 3.06. The first-order valence-corrected chi connectivity index (χ1v) is 11.0. The molecule has 0 aliphatic heterocycles. The lowest BCUT2D eigenvalue weighted by Crippen LogP contribution is -2.34. The molecule has 0 spiro atoms. The van der Waals surface area contributed by atoms with Crippen molar-refractivity contribution >= 4 is 11.8 Å². The van der Waals surface area contributed by atoms with Gasteiger partial charge in [0.15, 0.2) is 0 Å². The van der Waals surface area contributed by atoms with Gasteiger partial charge in [0.25, 0.3) is 0 Å². The fourth-order valence-corrected chi connectivity index (χ4v) is 5.54. The third-order valence-electron chi connectivity index (χ3n) is 7.61. The number of carbonyl (C=O) groups excluding carboxylic acids is 1. The van der Waals surface area contributed by atoms with Gasteiger partial charge >= 0.3 is 5.97 Å². The number of carbonyl (C=O) groups is 2. The molecule has 0 amide bonds. The quantitative estimate of drug-likeness (QED) is 0.656. The summed E-state index contributed by atoms with van der Waals surface area (Å²) in [5.74, 6) is -0.655. The average molecular weight is 405 g/mol. The minimum Gasteiger partial charge on any atom is -0.478 e. The monoisotopic (exact) mass is 404 g/mol. The number of ketones is 1. The van der Waals surface area contributed by atoms with Gasteiger partial charge < -0.3 is 5.11 Å². The van der Waals surface area contributed by atoms with E-state index in [2.05, 4.69) is 46.8 Å². The lowest BCUT2D eigenvalue weighted by atomic mass is 9.62. The molecule has 30 heavy (non-hydrogen) atoms. The summed E-state index contributed by atoms with van der Waals surface area (Å²) in [5.41, 5.74) is 6.78. The number of hydrogen-bond acceptors (Lipinski definition) is 2. The van der Waals surface area contributed by atoms with E-state index in [1.807, 2.05) is 12.1 Å². The summed E-state index contributed by atoms with van der Waals surface area (Å²) in [6.07, 6.45) is 3.73. The number of carboxylic acids is 1. The zero-order valence-electron chi connectivity index (χ0n) is 18.7. The Labute approximate surface area is 179 Å². The number of Topliss-reactive ketones (excluding diaryl/α,β-unsaturated/α-hetero) is 1. The Morgan fingerprint density at radius 3 is 2.10 bits per heavy atom. The smallest absolute Gasteiger partial charge is 0.335 e. The number of benzene rings is 2. The number of aromatic carboxylic acids is 1. The van der Waals surface area contributed by atoms with Crippen molar-refractivity contribution < 1.29 is 14.7 Å². The highest BCUT2D eigenvalue weighted by molar-refractivity contribution is 5.90. The maximum absolute atomic E-state index is 13.0. The summed E-state index contributed by atoms with van der Waals surface area (Å²) in [4.78, 5) is 24.3. The summed E-state index contributed by atoms with van der Waals surface area (Å²) in [6.45, 7) is 11.4. The van der Waals surface area contributed by atoms with Gasteiger partial charge in [-0.3, -0.25) is 4.79 Å². The van der Waals surface area contributed by atoms with Crippen molar-refractivity contribution in [3.05, 3.63) is 69.8 Å². The molecule has 1 N–H and O–H groups in total. The van der Waals surface area contributed by atoms with E-state index in [-0.39, 0.29) is 28.2 Å². The summed E-state index contributed by atoms with van der Waals surface area (Å²) < 4.78 is 0. The van der Waals surface area contributed by atoms with Crippen LogP contribution in [0, 0.1) is 6.92 Å². The topological polar surface area (TPSA) is 54.4 Å². The lowest BCUT2D eigenvalue weighted by Gasteiger charge is -2.42. The van der Waals surface area contributed by atoms with Gasteiger partial charge in [0.2, 0.25) is 0 Å². The molecule has 0 bridgehead atoms. The first-order chi connectivity index (χ1) is 14.0. The van der Waals surface area contributed by atoms with Gasteiger partial charge in [-0.05, 0) is 82.9 Å². The molecule has 1 saturated carbocycles. The van der Waals surface area contributed by atoms with Crippen molar-refractivity contribution in [1.82, 2.24) is 0 Å². The van der Waals surface area contributed by atoms with Crippen LogP contribution in [0.15, 0.2) is 36.4 Å². The molecule has 0 saturated heterocycles. The van der Waals surface area contributed by atoms with E-state index in [1.165, 1.54) is 23.1 Å². The molecule has 158 valence electrons. The van der Waals surface area contributed by atoms with Crippen molar-refractivity contribution in [1.29, 1.82) is 0 Å². The summed E-state index contributed by atoms with van der Waals surface area (Å²) in [6, 6.07) is 11.8. The van der Waals surface area contributed by atoms with E-state index < -0.39 is 5.97 Å². The Morgan fingerprint density at radius 2 is 1.53 bits per heavy atom. The van der Waals surface area contributed by atoms with Crippen molar-refractivity contribution in [3.63, 3.8) is 0 Å². The van der Waals surface area contributed by atoms with Crippen LogP contribution in [0.25, 0.3) is 0 Å². The molecular weight excluding hydrogens is 372 g/mol. The molecule has 2 atom stereocenters. The van der Waals surface area contributed by atoms with Gasteiger partial charge in [0.1, 0.15) is 5.78 Å². The lowest BCUT2D eigenvalue weighted by molar-refractivity contribution is -0.118. The van der Waals surface area contributed by atoms with Crippen molar-refractivity contribution in [2.75, 3.05) is 0 Å². The van der Waals surface area contributed by atoms with Crippen LogP contribution < -0.4 is 0 Å². The zero-order chi connectivity index (χ0) is 21.8. The van der Waals surface area contributed by atoms with Gasteiger partial charge in [-0.25, -0.2) is 4.79 Å². The zero-order valence-corrected chi connectivity index (χ0v) is 18.7. The fourth-order valence-electron chi connectivity index (χ4n) is 5.54. The van der Waals surface area contributed by atoms with Crippen LogP contribution in [0.1, 0.15) is 103 Å². The Morgan fingerprint density at radius 1 is 0.967 bits per heavy atom. The molecule has 2 aromatic carbocycles. The first-order valence-electron chi connectivity index (χ1n) is 11.0. The highest BCUT2D eigenvalue weighted by atomic mass is 16.4. The first kappa shape index (κ1) is 20.8. The minimum absolute atomic E-state index is 0.105.